The van der Waals surface area contributed by atoms with Crippen LogP contribution in [0.2, 0.25) is 5.02 Å². The molecule has 0 N–H and O–H groups in total. The Labute approximate surface area is 183 Å². The van der Waals surface area contributed by atoms with Crippen LogP contribution in [0.1, 0.15) is 11.3 Å². The third-order valence-corrected chi connectivity index (χ3v) is 6.56. The second kappa shape index (κ2) is 8.95. The molecule has 2 aromatic carbocycles. The lowest BCUT2D eigenvalue weighted by Crippen LogP contribution is -2.01. The zero-order valence-corrected chi connectivity index (χ0v) is 18.3. The third-order valence-electron chi connectivity index (χ3n) is 4.31. The largest absolute Gasteiger partial charge is 0.298 e. The Morgan fingerprint density at radius 1 is 1.17 bits per heavy atom. The van der Waals surface area contributed by atoms with Crippen LogP contribution in [0.4, 0.5) is 0 Å². The molecule has 146 valence electrons. The Morgan fingerprint density at radius 3 is 2.83 bits per heavy atom. The van der Waals surface area contributed by atoms with Gasteiger partial charge in [-0.1, -0.05) is 71.4 Å². The van der Waals surface area contributed by atoms with E-state index in [0.717, 1.165) is 37.8 Å². The quantitative estimate of drug-likeness (QED) is 0.243. The van der Waals surface area contributed by atoms with Crippen LogP contribution in [0.15, 0.2) is 71.7 Å². The number of benzene rings is 2. The SMILES string of the molecule is C=CCn1c(SCc2csc(-c3ccccc3Cl)n2)nnc1-c1cccc(C)c1. The predicted molar refractivity (Wildman–Crippen MR) is 123 cm³/mol. The lowest BCUT2D eigenvalue weighted by Gasteiger charge is -2.07. The van der Waals surface area contributed by atoms with Crippen molar-refractivity contribution in [2.45, 2.75) is 24.4 Å². The van der Waals surface area contributed by atoms with Gasteiger partial charge in [0.2, 0.25) is 0 Å². The number of allylic oxidation sites excluding steroid dienone is 1. The van der Waals surface area contributed by atoms with E-state index in [4.69, 9.17) is 16.6 Å². The summed E-state index contributed by atoms with van der Waals surface area (Å²) in [5, 5.41) is 13.4. The number of hydrogen-bond acceptors (Lipinski definition) is 5. The van der Waals surface area contributed by atoms with Crippen molar-refractivity contribution in [1.82, 2.24) is 19.7 Å². The van der Waals surface area contributed by atoms with Crippen LogP contribution in [0.5, 0.6) is 0 Å². The Kier molecular flexibility index (Phi) is 6.13. The van der Waals surface area contributed by atoms with E-state index in [1.165, 1.54) is 5.56 Å². The molecule has 0 radical (unpaired) electrons. The standard InChI is InChI=1S/C22H19ClN4S2/c1-3-11-27-20(16-8-6-7-15(2)12-16)25-26-22(27)29-14-17-13-28-21(24-17)18-9-4-5-10-19(18)23/h3-10,12-13H,1,11,14H2,2H3. The van der Waals surface area contributed by atoms with Crippen molar-refractivity contribution in [2.24, 2.45) is 0 Å². The van der Waals surface area contributed by atoms with Crippen molar-refractivity contribution < 1.29 is 0 Å². The molecule has 0 aliphatic rings. The van der Waals surface area contributed by atoms with Crippen molar-refractivity contribution in [2.75, 3.05) is 0 Å². The molecule has 4 aromatic rings. The van der Waals surface area contributed by atoms with Crippen LogP contribution in [-0.4, -0.2) is 19.7 Å². The Balaban J connectivity index is 1.55. The molecule has 0 saturated carbocycles. The first-order valence-electron chi connectivity index (χ1n) is 9.09. The highest BCUT2D eigenvalue weighted by Gasteiger charge is 2.15. The third kappa shape index (κ3) is 4.45. The van der Waals surface area contributed by atoms with Crippen LogP contribution in [0.3, 0.4) is 0 Å². The number of nitrogens with zero attached hydrogens (tertiary/aromatic N) is 4. The molecule has 4 rings (SSSR count). The summed E-state index contributed by atoms with van der Waals surface area (Å²) in [6.45, 7) is 6.61. The number of rotatable bonds is 7. The number of aromatic nitrogens is 4. The first-order chi connectivity index (χ1) is 14.2. The van der Waals surface area contributed by atoms with E-state index in [1.807, 2.05) is 36.4 Å². The lowest BCUT2D eigenvalue weighted by atomic mass is 10.1. The first-order valence-corrected chi connectivity index (χ1v) is 11.3. The van der Waals surface area contributed by atoms with Crippen LogP contribution >= 0.6 is 34.7 Å². The van der Waals surface area contributed by atoms with Gasteiger partial charge in [0.05, 0.1) is 10.7 Å². The minimum atomic E-state index is 0.653. The van der Waals surface area contributed by atoms with E-state index >= 15 is 0 Å². The molecular formula is C22H19ClN4S2. The molecule has 2 heterocycles. The second-order valence-electron chi connectivity index (χ2n) is 6.49. The van der Waals surface area contributed by atoms with Crippen LogP contribution < -0.4 is 0 Å². The molecule has 0 fully saturated rings. The molecule has 7 heteroatoms. The topological polar surface area (TPSA) is 43.6 Å². The van der Waals surface area contributed by atoms with Gasteiger partial charge in [-0.25, -0.2) is 4.98 Å². The highest BCUT2D eigenvalue weighted by atomic mass is 35.5. The number of thioether (sulfide) groups is 1. The number of hydrogen-bond donors (Lipinski definition) is 0. The van der Waals surface area contributed by atoms with Gasteiger partial charge in [0, 0.05) is 28.8 Å². The fraction of sp³-hybridized carbons (Fsp3) is 0.136. The predicted octanol–water partition coefficient (Wildman–Crippen LogP) is 6.51. The highest BCUT2D eigenvalue weighted by Crippen LogP contribution is 2.32. The molecular weight excluding hydrogens is 420 g/mol. The molecule has 2 aromatic heterocycles. The molecule has 4 nitrogen and oxygen atoms in total. The summed E-state index contributed by atoms with van der Waals surface area (Å²) in [5.74, 6) is 1.57. The highest BCUT2D eigenvalue weighted by molar-refractivity contribution is 7.98. The van der Waals surface area contributed by atoms with Gasteiger partial charge in [-0.15, -0.1) is 28.1 Å². The number of aryl methyl sites for hydroxylation is 1. The first kappa shape index (κ1) is 19.9. The zero-order chi connectivity index (χ0) is 20.2. The average molecular weight is 439 g/mol. The molecule has 0 unspecified atom stereocenters. The van der Waals surface area contributed by atoms with E-state index in [1.54, 1.807) is 23.1 Å². The van der Waals surface area contributed by atoms with Crippen molar-refractivity contribution in [3.05, 3.63) is 82.8 Å². The van der Waals surface area contributed by atoms with Gasteiger partial charge < -0.3 is 0 Å². The van der Waals surface area contributed by atoms with Gasteiger partial charge in [0.15, 0.2) is 11.0 Å². The minimum absolute atomic E-state index is 0.653. The van der Waals surface area contributed by atoms with Gasteiger partial charge in [-0.3, -0.25) is 4.57 Å². The fourth-order valence-electron chi connectivity index (χ4n) is 2.96. The summed E-state index contributed by atoms with van der Waals surface area (Å²) in [6, 6.07) is 16.1. The summed E-state index contributed by atoms with van der Waals surface area (Å²) in [7, 11) is 0. The molecule has 0 aliphatic carbocycles. The van der Waals surface area contributed by atoms with Crippen LogP contribution in [0, 0.1) is 6.92 Å². The number of thiazole rings is 1. The Bertz CT molecular complexity index is 1150. The molecule has 0 atom stereocenters. The Morgan fingerprint density at radius 2 is 2.03 bits per heavy atom. The smallest absolute Gasteiger partial charge is 0.192 e. The second-order valence-corrected chi connectivity index (χ2v) is 8.70. The maximum atomic E-state index is 6.30. The number of halogens is 1. The monoisotopic (exact) mass is 438 g/mol. The van der Waals surface area contributed by atoms with E-state index in [-0.39, 0.29) is 0 Å². The summed E-state index contributed by atoms with van der Waals surface area (Å²) in [4.78, 5) is 4.74. The van der Waals surface area contributed by atoms with Crippen molar-refractivity contribution in [3.8, 4) is 22.0 Å². The molecule has 0 amide bonds. The molecule has 0 spiro atoms. The van der Waals surface area contributed by atoms with Crippen LogP contribution in [0.25, 0.3) is 22.0 Å². The van der Waals surface area contributed by atoms with Gasteiger partial charge in [-0.05, 0) is 19.1 Å². The molecule has 0 bridgehead atoms. The summed E-state index contributed by atoms with van der Waals surface area (Å²) >= 11 is 9.53. The summed E-state index contributed by atoms with van der Waals surface area (Å²) in [6.07, 6.45) is 1.87. The van der Waals surface area contributed by atoms with E-state index in [2.05, 4.69) is 51.8 Å². The van der Waals surface area contributed by atoms with E-state index in [9.17, 15) is 0 Å². The van der Waals surface area contributed by atoms with Gasteiger partial charge in [0.25, 0.3) is 0 Å². The van der Waals surface area contributed by atoms with Gasteiger partial charge in [0.1, 0.15) is 5.01 Å². The maximum absolute atomic E-state index is 6.30. The fourth-order valence-corrected chi connectivity index (χ4v) is 5.04. The average Bonchev–Trinajstić information content (AvgIpc) is 3.34. The van der Waals surface area contributed by atoms with Crippen LogP contribution in [-0.2, 0) is 12.3 Å². The normalized spacial score (nSPS) is 11.0. The lowest BCUT2D eigenvalue weighted by molar-refractivity contribution is 0.731. The molecule has 0 aliphatic heterocycles. The van der Waals surface area contributed by atoms with Gasteiger partial charge in [-0.2, -0.15) is 0 Å². The van der Waals surface area contributed by atoms with Crippen molar-refractivity contribution in [1.29, 1.82) is 0 Å². The molecule has 29 heavy (non-hydrogen) atoms. The van der Waals surface area contributed by atoms with E-state index < -0.39 is 0 Å². The zero-order valence-electron chi connectivity index (χ0n) is 15.9. The van der Waals surface area contributed by atoms with Crippen molar-refractivity contribution in [3.63, 3.8) is 0 Å². The minimum Gasteiger partial charge on any atom is -0.298 e. The summed E-state index contributed by atoms with van der Waals surface area (Å²) < 4.78 is 2.09. The molecule has 0 saturated heterocycles. The van der Waals surface area contributed by atoms with Crippen molar-refractivity contribution >= 4 is 34.7 Å². The van der Waals surface area contributed by atoms with E-state index in [0.29, 0.717) is 12.3 Å². The maximum Gasteiger partial charge on any atom is 0.192 e. The summed E-state index contributed by atoms with van der Waals surface area (Å²) in [5.41, 5.74) is 4.22. The van der Waals surface area contributed by atoms with Gasteiger partial charge >= 0.3 is 0 Å². The Hall–Kier alpha value is -2.41.